The molecule has 0 amide bonds. The molecule has 17 heteroatoms. The number of thiophene rings is 1. The number of hydrogen-bond donors (Lipinski definition) is 2. The predicted octanol–water partition coefficient (Wildman–Crippen LogP) is 8.25. The van der Waals surface area contributed by atoms with Gasteiger partial charge in [-0.25, -0.2) is 19.6 Å². The smallest absolute Gasteiger partial charge is 0.397 e. The van der Waals surface area contributed by atoms with Gasteiger partial charge in [-0.1, -0.05) is 53.5 Å². The fourth-order valence-corrected chi connectivity index (χ4v) is 6.94. The van der Waals surface area contributed by atoms with E-state index in [9.17, 15) is 21.6 Å². The maximum Gasteiger partial charge on any atom is 0.397 e. The number of aromatic nitrogens is 5. The van der Waals surface area contributed by atoms with Crippen molar-refractivity contribution in [2.45, 2.75) is 91.8 Å². The molecule has 1 aliphatic heterocycles. The molecule has 286 valence electrons. The van der Waals surface area contributed by atoms with Gasteiger partial charge >= 0.3 is 6.18 Å². The van der Waals surface area contributed by atoms with Crippen LogP contribution in [-0.4, -0.2) is 70.6 Å². The molecular weight excluding hydrogens is 720 g/mol. The highest BCUT2D eigenvalue weighted by atomic mass is 32.2. The normalized spacial score (nSPS) is 15.0. The first-order valence-corrected chi connectivity index (χ1v) is 19.3. The zero-order valence-electron chi connectivity index (χ0n) is 30.6. The molecule has 4 aromatic rings. The highest BCUT2D eigenvalue weighted by Crippen LogP contribution is 2.38. The molecule has 0 saturated heterocycles. The van der Waals surface area contributed by atoms with Crippen molar-refractivity contribution < 1.29 is 36.2 Å². The molecule has 0 aromatic carbocycles. The SMILES string of the molecule is CC.CC(C)(C)CN1CCCCCCc2sccc2-c2nc(cnc2-n2ccc(OCC(C)(C)C(F)(F)F)n2)NS(=O)(=O)c2cccc1n2.O=CO. The maximum atomic E-state index is 13.6. The largest absolute Gasteiger partial charge is 0.483 e. The number of sulfonamides is 1. The standard InChI is InChI=1S/C32H40F3N7O3S2.C2H6.CH2O2/c1-30(2,3)20-41-16-9-7-6-8-11-23-22(15-18-46-23)28-29(42-17-14-26(39-42)45-21-31(4,5)32(33,34)35)36-19-24(37-28)40-47(43,44)27-13-10-12-25(41)38-27;1-2;2-1-3/h10,12-15,17-19H,6-9,11,16,20-21H2,1-5H3,(H,37,40);1-2H3;1H,(H,2,3). The van der Waals surface area contributed by atoms with Crippen molar-refractivity contribution in [1.29, 1.82) is 0 Å². The molecule has 5 rings (SSSR count). The van der Waals surface area contributed by atoms with E-state index in [0.717, 1.165) is 62.9 Å². The van der Waals surface area contributed by atoms with Crippen LogP contribution in [0.3, 0.4) is 0 Å². The first-order valence-electron chi connectivity index (χ1n) is 17.0. The lowest BCUT2D eigenvalue weighted by molar-refractivity contribution is -0.219. The molecule has 2 N–H and O–H groups in total. The maximum absolute atomic E-state index is 13.6. The van der Waals surface area contributed by atoms with Crippen LogP contribution in [0.25, 0.3) is 17.1 Å². The highest BCUT2D eigenvalue weighted by molar-refractivity contribution is 7.92. The van der Waals surface area contributed by atoms with Crippen molar-refractivity contribution in [2.24, 2.45) is 10.8 Å². The van der Waals surface area contributed by atoms with Gasteiger partial charge in [0.15, 0.2) is 16.7 Å². The molecule has 0 atom stereocenters. The number of nitrogens with one attached hydrogen (secondary N) is 1. The Kier molecular flexibility index (Phi) is 14.6. The zero-order valence-corrected chi connectivity index (χ0v) is 32.2. The zero-order chi connectivity index (χ0) is 38.7. The van der Waals surface area contributed by atoms with Gasteiger partial charge in [0.2, 0.25) is 5.88 Å². The molecule has 0 fully saturated rings. The molecule has 0 aliphatic carbocycles. The summed E-state index contributed by atoms with van der Waals surface area (Å²) in [5.74, 6) is 0.835. The van der Waals surface area contributed by atoms with E-state index in [1.807, 2.05) is 31.4 Å². The van der Waals surface area contributed by atoms with Crippen molar-refractivity contribution in [1.82, 2.24) is 24.7 Å². The van der Waals surface area contributed by atoms with Crippen LogP contribution in [0.2, 0.25) is 0 Å². The third kappa shape index (κ3) is 11.4. The Bertz CT molecular complexity index is 1860. The Morgan fingerprint density at radius 3 is 2.38 bits per heavy atom. The van der Waals surface area contributed by atoms with Crippen LogP contribution in [0.5, 0.6) is 5.88 Å². The fraction of sp³-hybridized carbons (Fsp3) is 0.514. The van der Waals surface area contributed by atoms with Crippen LogP contribution in [0, 0.1) is 10.8 Å². The Hall–Kier alpha value is -4.25. The Morgan fingerprint density at radius 2 is 1.71 bits per heavy atom. The van der Waals surface area contributed by atoms with E-state index < -0.39 is 28.2 Å². The Labute approximate surface area is 307 Å². The van der Waals surface area contributed by atoms with Crippen LogP contribution < -0.4 is 14.4 Å². The quantitative estimate of drug-likeness (QED) is 0.190. The van der Waals surface area contributed by atoms with Crippen LogP contribution >= 0.6 is 11.3 Å². The van der Waals surface area contributed by atoms with E-state index >= 15 is 0 Å². The van der Waals surface area contributed by atoms with Crippen molar-refractivity contribution in [2.75, 3.05) is 29.3 Å². The number of hydrogen-bond acceptors (Lipinski definition) is 10. The molecule has 12 nitrogen and oxygen atoms in total. The molecule has 0 unspecified atom stereocenters. The summed E-state index contributed by atoms with van der Waals surface area (Å²) in [4.78, 5) is 25.4. The minimum Gasteiger partial charge on any atom is -0.483 e. The molecule has 5 heterocycles. The first kappa shape index (κ1) is 42.2. The average Bonchev–Trinajstić information content (AvgIpc) is 3.75. The van der Waals surface area contributed by atoms with Gasteiger partial charge in [0.1, 0.15) is 18.1 Å². The van der Waals surface area contributed by atoms with Gasteiger partial charge in [0.05, 0.1) is 11.6 Å². The number of carboxylic acid groups (broad SMARTS) is 1. The summed E-state index contributed by atoms with van der Waals surface area (Å²) in [5, 5.41) is 13.0. The van der Waals surface area contributed by atoms with Crippen LogP contribution in [0.15, 0.2) is 53.1 Å². The topological polar surface area (TPSA) is 152 Å². The van der Waals surface area contributed by atoms with Crippen molar-refractivity contribution in [3.63, 3.8) is 0 Å². The van der Waals surface area contributed by atoms with Gasteiger partial charge in [-0.05, 0) is 62.1 Å². The molecule has 4 aromatic heterocycles. The lowest BCUT2D eigenvalue weighted by atomic mass is 9.94. The fourth-order valence-electron chi connectivity index (χ4n) is 5.07. The number of nitrogens with zero attached hydrogens (tertiary/aromatic N) is 6. The number of halogens is 3. The minimum absolute atomic E-state index is 0.0117. The summed E-state index contributed by atoms with van der Waals surface area (Å²) in [6.07, 6.45) is 3.04. The number of ether oxygens (including phenoxy) is 1. The van der Waals surface area contributed by atoms with E-state index in [2.05, 4.69) is 45.5 Å². The van der Waals surface area contributed by atoms with Crippen molar-refractivity contribution in [3.8, 4) is 23.0 Å². The van der Waals surface area contributed by atoms with E-state index in [1.54, 1.807) is 17.4 Å². The van der Waals surface area contributed by atoms with Gasteiger partial charge in [0.25, 0.3) is 16.5 Å². The van der Waals surface area contributed by atoms with E-state index in [0.29, 0.717) is 18.1 Å². The number of carbonyl (C=O) groups is 1. The Balaban J connectivity index is 0.00000139. The van der Waals surface area contributed by atoms with Crippen molar-refractivity contribution >= 4 is 39.5 Å². The van der Waals surface area contributed by atoms with E-state index in [-0.39, 0.29) is 34.4 Å². The molecule has 52 heavy (non-hydrogen) atoms. The van der Waals surface area contributed by atoms with Gasteiger partial charge in [-0.2, -0.15) is 21.6 Å². The second-order valence-electron chi connectivity index (χ2n) is 13.6. The Morgan fingerprint density at radius 1 is 1.02 bits per heavy atom. The summed E-state index contributed by atoms with van der Waals surface area (Å²) < 4.78 is 76.7. The molecule has 0 spiro atoms. The van der Waals surface area contributed by atoms with Gasteiger partial charge in [-0.15, -0.1) is 16.4 Å². The lowest BCUT2D eigenvalue weighted by Gasteiger charge is -2.31. The number of alkyl halides is 3. The highest BCUT2D eigenvalue weighted by Gasteiger charge is 2.48. The molecule has 4 bridgehead atoms. The monoisotopic (exact) mass is 767 g/mol. The second-order valence-corrected chi connectivity index (χ2v) is 16.3. The van der Waals surface area contributed by atoms with Crippen molar-refractivity contribution in [3.05, 3.63) is 53.0 Å². The molecule has 1 aliphatic rings. The van der Waals surface area contributed by atoms with E-state index in [4.69, 9.17) is 19.6 Å². The second kappa shape index (κ2) is 18.0. The summed E-state index contributed by atoms with van der Waals surface area (Å²) in [6, 6.07) is 8.32. The van der Waals surface area contributed by atoms with E-state index in [1.165, 1.54) is 29.2 Å². The number of anilines is 2. The lowest BCUT2D eigenvalue weighted by Crippen LogP contribution is -2.37. The number of rotatable bonds is 5. The van der Waals surface area contributed by atoms with Gasteiger partial charge in [-0.3, -0.25) is 9.52 Å². The summed E-state index contributed by atoms with van der Waals surface area (Å²) in [5.41, 5.74) is -0.965. The van der Waals surface area contributed by atoms with Crippen LogP contribution in [0.4, 0.5) is 24.8 Å². The molecule has 0 radical (unpaired) electrons. The van der Waals surface area contributed by atoms with Gasteiger partial charge < -0.3 is 14.7 Å². The molecule has 0 saturated carbocycles. The average molecular weight is 768 g/mol. The summed E-state index contributed by atoms with van der Waals surface area (Å²) >= 11 is 1.58. The molecular formula is C35H48F3N7O5S2. The number of aryl methyl sites for hydroxylation is 1. The van der Waals surface area contributed by atoms with Crippen LogP contribution in [-0.2, 0) is 21.2 Å². The predicted molar refractivity (Wildman–Crippen MR) is 197 cm³/mol. The van der Waals surface area contributed by atoms with Crippen LogP contribution in [0.1, 0.15) is 79.0 Å². The van der Waals surface area contributed by atoms with Gasteiger partial charge in [0, 0.05) is 35.8 Å². The third-order valence-corrected chi connectivity index (χ3v) is 9.91. The third-order valence-electron chi connectivity index (χ3n) is 7.68. The summed E-state index contributed by atoms with van der Waals surface area (Å²) in [6.45, 7) is 13.1. The number of pyridine rings is 1. The first-order chi connectivity index (χ1) is 24.4. The summed E-state index contributed by atoms with van der Waals surface area (Å²) in [7, 11) is -4.15. The number of fused-ring (bicyclic) bond motifs is 6. The minimum atomic E-state index is -4.45.